The molecule has 0 N–H and O–H groups in total. The van der Waals surface area contributed by atoms with Gasteiger partial charge in [-0.25, -0.2) is 0 Å². The molecule has 0 bridgehead atoms. The molecular formula is C20H19ClN4O. The Morgan fingerprint density at radius 2 is 1.69 bits per heavy atom. The van der Waals surface area contributed by atoms with Gasteiger partial charge < -0.3 is 9.80 Å². The molecule has 1 saturated heterocycles. The Morgan fingerprint density at radius 3 is 2.46 bits per heavy atom. The molecule has 0 aliphatic carbocycles. The fourth-order valence-electron chi connectivity index (χ4n) is 3.35. The van der Waals surface area contributed by atoms with Crippen molar-refractivity contribution >= 4 is 34.2 Å². The van der Waals surface area contributed by atoms with Crippen molar-refractivity contribution in [3.63, 3.8) is 0 Å². The second kappa shape index (κ2) is 6.92. The smallest absolute Gasteiger partial charge is 0.254 e. The maximum Gasteiger partial charge on any atom is 0.254 e. The second-order valence-electron chi connectivity index (χ2n) is 6.47. The molecule has 0 saturated carbocycles. The molecule has 1 aliphatic rings. The van der Waals surface area contributed by atoms with Crippen LogP contribution in [0, 0.1) is 6.92 Å². The number of nitrogens with zero attached hydrogens (tertiary/aromatic N) is 4. The number of hydrogen-bond donors (Lipinski definition) is 0. The van der Waals surface area contributed by atoms with Gasteiger partial charge in [0, 0.05) is 54.8 Å². The van der Waals surface area contributed by atoms with Gasteiger partial charge in [0.1, 0.15) is 0 Å². The minimum absolute atomic E-state index is 0.0417. The summed E-state index contributed by atoms with van der Waals surface area (Å²) in [5, 5.41) is 0.737. The third-order valence-electron chi connectivity index (χ3n) is 4.80. The summed E-state index contributed by atoms with van der Waals surface area (Å²) in [6.07, 6.45) is 3.30. The van der Waals surface area contributed by atoms with E-state index in [1.165, 1.54) is 5.56 Å². The maximum atomic E-state index is 12.8. The largest absolute Gasteiger partial charge is 0.368 e. The van der Waals surface area contributed by atoms with E-state index >= 15 is 0 Å². The molecule has 2 heterocycles. The number of carbonyl (C=O) groups excluding carboxylic acids is 1. The zero-order valence-corrected chi connectivity index (χ0v) is 15.3. The van der Waals surface area contributed by atoms with E-state index in [1.54, 1.807) is 12.4 Å². The van der Waals surface area contributed by atoms with Gasteiger partial charge in [0.25, 0.3) is 5.91 Å². The van der Waals surface area contributed by atoms with E-state index in [2.05, 4.69) is 21.8 Å². The van der Waals surface area contributed by atoms with Crippen LogP contribution in [0.25, 0.3) is 11.0 Å². The highest BCUT2D eigenvalue weighted by molar-refractivity contribution is 6.30. The highest BCUT2D eigenvalue weighted by atomic mass is 35.5. The van der Waals surface area contributed by atoms with Gasteiger partial charge in [-0.2, -0.15) is 0 Å². The van der Waals surface area contributed by atoms with E-state index in [1.807, 2.05) is 41.3 Å². The second-order valence-corrected chi connectivity index (χ2v) is 6.91. The molecule has 1 aliphatic heterocycles. The van der Waals surface area contributed by atoms with Crippen molar-refractivity contribution in [2.24, 2.45) is 0 Å². The van der Waals surface area contributed by atoms with Crippen LogP contribution in [0.4, 0.5) is 5.69 Å². The van der Waals surface area contributed by atoms with E-state index in [0.29, 0.717) is 18.7 Å². The Morgan fingerprint density at radius 1 is 0.962 bits per heavy atom. The van der Waals surface area contributed by atoms with Gasteiger partial charge in [0.2, 0.25) is 0 Å². The lowest BCUT2D eigenvalue weighted by Gasteiger charge is -2.37. The number of halogens is 1. The van der Waals surface area contributed by atoms with Crippen molar-refractivity contribution < 1.29 is 4.79 Å². The lowest BCUT2D eigenvalue weighted by Crippen LogP contribution is -2.49. The van der Waals surface area contributed by atoms with Crippen LogP contribution >= 0.6 is 11.6 Å². The number of aromatic nitrogens is 2. The van der Waals surface area contributed by atoms with E-state index in [0.717, 1.165) is 34.8 Å². The number of fused-ring (bicyclic) bond motifs is 1. The number of hydrogen-bond acceptors (Lipinski definition) is 4. The number of benzene rings is 2. The van der Waals surface area contributed by atoms with Crippen LogP contribution < -0.4 is 4.90 Å². The number of amides is 1. The Kier molecular flexibility index (Phi) is 4.47. The van der Waals surface area contributed by atoms with Crippen molar-refractivity contribution in [1.29, 1.82) is 0 Å². The summed E-state index contributed by atoms with van der Waals surface area (Å²) in [6.45, 7) is 5.03. The molecule has 0 spiro atoms. The van der Waals surface area contributed by atoms with Crippen LogP contribution in [0.15, 0.2) is 48.8 Å². The topological polar surface area (TPSA) is 49.3 Å². The minimum atomic E-state index is 0.0417. The van der Waals surface area contributed by atoms with Crippen molar-refractivity contribution in [2.75, 3.05) is 31.1 Å². The number of anilines is 1. The first-order valence-electron chi connectivity index (χ1n) is 8.63. The molecular weight excluding hydrogens is 348 g/mol. The summed E-state index contributed by atoms with van der Waals surface area (Å²) < 4.78 is 0. The molecule has 0 atom stereocenters. The minimum Gasteiger partial charge on any atom is -0.368 e. The predicted molar refractivity (Wildman–Crippen MR) is 104 cm³/mol. The average Bonchev–Trinajstić information content (AvgIpc) is 2.69. The molecule has 132 valence electrons. The van der Waals surface area contributed by atoms with Crippen LogP contribution in [0.5, 0.6) is 0 Å². The summed E-state index contributed by atoms with van der Waals surface area (Å²) in [6, 6.07) is 11.4. The monoisotopic (exact) mass is 366 g/mol. The average molecular weight is 367 g/mol. The molecule has 4 rings (SSSR count). The molecule has 3 aromatic rings. The summed E-state index contributed by atoms with van der Waals surface area (Å²) in [4.78, 5) is 25.6. The van der Waals surface area contributed by atoms with E-state index in [-0.39, 0.29) is 5.91 Å². The molecule has 1 amide bonds. The lowest BCUT2D eigenvalue weighted by atomic mass is 10.1. The normalized spacial score (nSPS) is 14.7. The van der Waals surface area contributed by atoms with Crippen LogP contribution in [-0.4, -0.2) is 47.0 Å². The third-order valence-corrected chi connectivity index (χ3v) is 5.03. The first kappa shape index (κ1) is 16.8. The quantitative estimate of drug-likeness (QED) is 0.696. The van der Waals surface area contributed by atoms with E-state index in [4.69, 9.17) is 11.6 Å². The molecule has 0 unspecified atom stereocenters. The van der Waals surface area contributed by atoms with Crippen molar-refractivity contribution in [2.45, 2.75) is 6.92 Å². The SMILES string of the molecule is Cc1ccc(Cl)cc1N1CCN(C(=O)c2ccc3nccnc3c2)CC1. The molecule has 6 heteroatoms. The van der Waals surface area contributed by atoms with Gasteiger partial charge in [-0.1, -0.05) is 17.7 Å². The molecule has 1 fully saturated rings. The fraction of sp³-hybridized carbons (Fsp3) is 0.250. The number of carbonyl (C=O) groups is 1. The Hall–Kier alpha value is -2.66. The summed E-state index contributed by atoms with van der Waals surface area (Å²) in [5.74, 6) is 0.0417. The Balaban J connectivity index is 1.48. The molecule has 26 heavy (non-hydrogen) atoms. The zero-order valence-electron chi connectivity index (χ0n) is 14.5. The third kappa shape index (κ3) is 3.22. The zero-order chi connectivity index (χ0) is 18.1. The van der Waals surface area contributed by atoms with Crippen LogP contribution in [-0.2, 0) is 0 Å². The van der Waals surface area contributed by atoms with Crippen LogP contribution in [0.2, 0.25) is 5.02 Å². The highest BCUT2D eigenvalue weighted by Gasteiger charge is 2.23. The lowest BCUT2D eigenvalue weighted by molar-refractivity contribution is 0.0747. The number of piperazine rings is 1. The van der Waals surface area contributed by atoms with Gasteiger partial charge in [-0.15, -0.1) is 0 Å². The Bertz CT molecular complexity index is 967. The van der Waals surface area contributed by atoms with Crippen molar-refractivity contribution in [3.8, 4) is 0 Å². The van der Waals surface area contributed by atoms with Gasteiger partial charge in [0.05, 0.1) is 11.0 Å². The molecule has 5 nitrogen and oxygen atoms in total. The van der Waals surface area contributed by atoms with Crippen LogP contribution in [0.1, 0.15) is 15.9 Å². The van der Waals surface area contributed by atoms with Crippen LogP contribution in [0.3, 0.4) is 0 Å². The van der Waals surface area contributed by atoms with Gasteiger partial charge >= 0.3 is 0 Å². The maximum absolute atomic E-state index is 12.8. The van der Waals surface area contributed by atoms with E-state index in [9.17, 15) is 4.79 Å². The molecule has 1 aromatic heterocycles. The number of aryl methyl sites for hydroxylation is 1. The first-order chi connectivity index (χ1) is 12.6. The van der Waals surface area contributed by atoms with Gasteiger partial charge in [-0.05, 0) is 42.8 Å². The Labute approximate surface area is 157 Å². The van der Waals surface area contributed by atoms with Gasteiger partial charge in [0.15, 0.2) is 0 Å². The molecule has 2 aromatic carbocycles. The summed E-state index contributed by atoms with van der Waals surface area (Å²) >= 11 is 6.14. The standard InChI is InChI=1S/C20H19ClN4O/c1-14-2-4-16(21)13-19(14)24-8-10-25(11-9-24)20(26)15-3-5-17-18(12-15)23-7-6-22-17/h2-7,12-13H,8-11H2,1H3. The van der Waals surface area contributed by atoms with Gasteiger partial charge in [-0.3, -0.25) is 14.8 Å². The highest BCUT2D eigenvalue weighted by Crippen LogP contribution is 2.25. The van der Waals surface area contributed by atoms with E-state index < -0.39 is 0 Å². The summed E-state index contributed by atoms with van der Waals surface area (Å²) in [7, 11) is 0. The predicted octanol–water partition coefficient (Wildman–Crippen LogP) is 3.55. The number of rotatable bonds is 2. The first-order valence-corrected chi connectivity index (χ1v) is 9.01. The van der Waals surface area contributed by atoms with Crippen molar-refractivity contribution in [1.82, 2.24) is 14.9 Å². The fourth-order valence-corrected chi connectivity index (χ4v) is 3.52. The molecule has 0 radical (unpaired) electrons. The summed E-state index contributed by atoms with van der Waals surface area (Å²) in [5.41, 5.74) is 4.54. The van der Waals surface area contributed by atoms with Crippen molar-refractivity contribution in [3.05, 3.63) is 64.9 Å².